The minimum absolute atomic E-state index is 0.155. The number of ether oxygens (including phenoxy) is 1. The molecule has 0 aromatic rings. The summed E-state index contributed by atoms with van der Waals surface area (Å²) in [5, 5.41) is 19.8. The van der Waals surface area contributed by atoms with Crippen LogP contribution in [0.15, 0.2) is 0 Å². The number of carbonyl (C=O) groups is 2. The first-order valence-corrected chi connectivity index (χ1v) is 4.87. The number of aliphatic hydroxyl groups excluding tert-OH is 1. The van der Waals surface area contributed by atoms with E-state index < -0.39 is 18.0 Å². The summed E-state index contributed by atoms with van der Waals surface area (Å²) in [6.07, 6.45) is 0.199. The number of carboxylic acids is 1. The van der Waals surface area contributed by atoms with Crippen LogP contribution in [0.4, 0.5) is 4.79 Å². The second-order valence-corrected chi connectivity index (χ2v) is 3.27. The summed E-state index contributed by atoms with van der Waals surface area (Å²) >= 11 is 0. The molecule has 94 valence electrons. The van der Waals surface area contributed by atoms with Gasteiger partial charge in [0, 0.05) is 33.7 Å². The van der Waals surface area contributed by atoms with E-state index in [4.69, 9.17) is 14.9 Å². The van der Waals surface area contributed by atoms with E-state index in [1.54, 1.807) is 0 Å². The van der Waals surface area contributed by atoms with E-state index in [1.165, 1.54) is 19.1 Å². The molecular weight excluding hydrogens is 216 g/mol. The van der Waals surface area contributed by atoms with Gasteiger partial charge in [-0.25, -0.2) is 9.59 Å². The summed E-state index contributed by atoms with van der Waals surface area (Å²) in [4.78, 5) is 23.4. The molecule has 0 aliphatic carbocycles. The molecule has 3 N–H and O–H groups in total. The second-order valence-electron chi connectivity index (χ2n) is 3.27. The van der Waals surface area contributed by atoms with Crippen molar-refractivity contribution in [3.05, 3.63) is 0 Å². The Kier molecular flexibility index (Phi) is 7.23. The van der Waals surface area contributed by atoms with Gasteiger partial charge in [-0.3, -0.25) is 0 Å². The molecule has 0 saturated heterocycles. The Hall–Kier alpha value is -1.34. The third kappa shape index (κ3) is 5.52. The highest BCUT2D eigenvalue weighted by atomic mass is 16.5. The number of carbonyl (C=O) groups excluding carboxylic acids is 1. The lowest BCUT2D eigenvalue weighted by Gasteiger charge is -2.20. The number of rotatable bonds is 7. The summed E-state index contributed by atoms with van der Waals surface area (Å²) < 4.78 is 4.74. The molecule has 0 radical (unpaired) electrons. The Morgan fingerprint density at radius 2 is 2.12 bits per heavy atom. The number of nitrogens with zero attached hydrogens (tertiary/aromatic N) is 1. The van der Waals surface area contributed by atoms with E-state index in [-0.39, 0.29) is 26.2 Å². The van der Waals surface area contributed by atoms with Gasteiger partial charge in [0.2, 0.25) is 0 Å². The van der Waals surface area contributed by atoms with Gasteiger partial charge in [-0.1, -0.05) is 0 Å². The average molecular weight is 234 g/mol. The van der Waals surface area contributed by atoms with Gasteiger partial charge in [0.1, 0.15) is 6.04 Å². The molecule has 0 spiro atoms. The fraction of sp³-hybridized carbons (Fsp3) is 0.778. The Morgan fingerprint density at radius 3 is 2.56 bits per heavy atom. The van der Waals surface area contributed by atoms with E-state index in [2.05, 4.69) is 5.32 Å². The van der Waals surface area contributed by atoms with E-state index >= 15 is 0 Å². The van der Waals surface area contributed by atoms with Gasteiger partial charge in [0.15, 0.2) is 0 Å². The minimum Gasteiger partial charge on any atom is -0.480 e. The van der Waals surface area contributed by atoms with Crippen LogP contribution in [0.25, 0.3) is 0 Å². The highest BCUT2D eigenvalue weighted by molar-refractivity contribution is 5.82. The number of methoxy groups -OCH3 is 1. The summed E-state index contributed by atoms with van der Waals surface area (Å²) in [6.45, 7) is 0.239. The molecule has 0 rings (SSSR count). The molecule has 7 heteroatoms. The highest BCUT2D eigenvalue weighted by Gasteiger charge is 2.20. The molecule has 0 bridgehead atoms. The lowest BCUT2D eigenvalue weighted by atomic mass is 10.2. The van der Waals surface area contributed by atoms with Crippen molar-refractivity contribution < 1.29 is 24.5 Å². The van der Waals surface area contributed by atoms with Gasteiger partial charge in [-0.15, -0.1) is 0 Å². The molecule has 0 heterocycles. The van der Waals surface area contributed by atoms with Crippen LogP contribution in [0.1, 0.15) is 6.42 Å². The molecule has 0 aromatic heterocycles. The van der Waals surface area contributed by atoms with Crippen LogP contribution in [0.5, 0.6) is 0 Å². The number of nitrogens with one attached hydrogen (secondary N) is 1. The SMILES string of the molecule is COCCC(NC(=O)N(C)CCO)C(=O)O. The molecule has 2 amide bonds. The first-order chi connectivity index (χ1) is 7.52. The fourth-order valence-corrected chi connectivity index (χ4v) is 1.00. The maximum absolute atomic E-state index is 11.4. The van der Waals surface area contributed by atoms with Crippen molar-refractivity contribution in [1.29, 1.82) is 0 Å². The van der Waals surface area contributed by atoms with Crippen LogP contribution in [-0.4, -0.2) is 67.1 Å². The molecule has 7 nitrogen and oxygen atoms in total. The number of carboxylic acid groups (broad SMARTS) is 1. The van der Waals surface area contributed by atoms with Crippen LogP contribution < -0.4 is 5.32 Å². The zero-order valence-corrected chi connectivity index (χ0v) is 9.47. The molecule has 1 unspecified atom stereocenters. The van der Waals surface area contributed by atoms with Crippen LogP contribution in [0.3, 0.4) is 0 Å². The van der Waals surface area contributed by atoms with Crippen LogP contribution in [-0.2, 0) is 9.53 Å². The molecule has 1 atom stereocenters. The number of hydrogen-bond acceptors (Lipinski definition) is 4. The zero-order valence-electron chi connectivity index (χ0n) is 9.47. The van der Waals surface area contributed by atoms with Crippen molar-refractivity contribution in [2.45, 2.75) is 12.5 Å². The first kappa shape index (κ1) is 14.7. The first-order valence-electron chi connectivity index (χ1n) is 4.87. The Labute approximate surface area is 94.0 Å². The third-order valence-electron chi connectivity index (χ3n) is 1.99. The van der Waals surface area contributed by atoms with Crippen molar-refractivity contribution in [1.82, 2.24) is 10.2 Å². The van der Waals surface area contributed by atoms with Crippen molar-refractivity contribution in [3.63, 3.8) is 0 Å². The predicted molar refractivity (Wildman–Crippen MR) is 56.2 cm³/mol. The zero-order chi connectivity index (χ0) is 12.6. The average Bonchev–Trinajstić information content (AvgIpc) is 2.23. The Bertz CT molecular complexity index is 234. The summed E-state index contributed by atoms with van der Waals surface area (Å²) in [5.74, 6) is -1.11. The van der Waals surface area contributed by atoms with Gasteiger partial charge < -0.3 is 25.2 Å². The number of aliphatic carboxylic acids is 1. The van der Waals surface area contributed by atoms with Gasteiger partial charge in [0.05, 0.1) is 6.61 Å². The minimum atomic E-state index is -1.11. The standard InChI is InChI=1S/C9H18N2O5/c1-11(4-5-12)9(15)10-7(8(13)14)3-6-16-2/h7,12H,3-6H2,1-2H3,(H,10,15)(H,13,14). The third-order valence-corrected chi connectivity index (χ3v) is 1.99. The predicted octanol–water partition coefficient (Wildman–Crippen LogP) is -0.890. The monoisotopic (exact) mass is 234 g/mol. The molecule has 0 aliphatic heterocycles. The van der Waals surface area contributed by atoms with Crippen molar-refractivity contribution in [3.8, 4) is 0 Å². The lowest BCUT2D eigenvalue weighted by molar-refractivity contribution is -0.139. The van der Waals surface area contributed by atoms with Gasteiger partial charge in [-0.05, 0) is 0 Å². The van der Waals surface area contributed by atoms with Crippen molar-refractivity contribution in [2.75, 3.05) is 33.9 Å². The maximum atomic E-state index is 11.4. The lowest BCUT2D eigenvalue weighted by Crippen LogP contribution is -2.47. The topological polar surface area (TPSA) is 99.1 Å². The molecule has 16 heavy (non-hydrogen) atoms. The van der Waals surface area contributed by atoms with Gasteiger partial charge >= 0.3 is 12.0 Å². The normalized spacial score (nSPS) is 11.9. The summed E-state index contributed by atoms with van der Waals surface area (Å²) in [7, 11) is 2.93. The molecule has 0 saturated carbocycles. The number of hydrogen-bond donors (Lipinski definition) is 3. The fourth-order valence-electron chi connectivity index (χ4n) is 1.00. The molecular formula is C9H18N2O5. The van der Waals surface area contributed by atoms with Crippen LogP contribution in [0, 0.1) is 0 Å². The largest absolute Gasteiger partial charge is 0.480 e. The van der Waals surface area contributed by atoms with Crippen LogP contribution in [0.2, 0.25) is 0 Å². The summed E-state index contributed by atoms with van der Waals surface area (Å²) in [5.41, 5.74) is 0. The second kappa shape index (κ2) is 7.89. The molecule has 0 fully saturated rings. The van der Waals surface area contributed by atoms with Gasteiger partial charge in [-0.2, -0.15) is 0 Å². The van der Waals surface area contributed by atoms with E-state index in [1.807, 2.05) is 0 Å². The van der Waals surface area contributed by atoms with E-state index in [0.717, 1.165) is 0 Å². The van der Waals surface area contributed by atoms with E-state index in [9.17, 15) is 9.59 Å². The number of urea groups is 1. The van der Waals surface area contributed by atoms with E-state index in [0.29, 0.717) is 0 Å². The summed E-state index contributed by atoms with van der Waals surface area (Å²) in [6, 6.07) is -1.51. The highest BCUT2D eigenvalue weighted by Crippen LogP contribution is 1.95. The van der Waals surface area contributed by atoms with Crippen molar-refractivity contribution >= 4 is 12.0 Å². The number of amides is 2. The van der Waals surface area contributed by atoms with Gasteiger partial charge in [0.25, 0.3) is 0 Å². The number of aliphatic hydroxyl groups is 1. The van der Waals surface area contributed by atoms with Crippen LogP contribution >= 0.6 is 0 Å². The maximum Gasteiger partial charge on any atom is 0.326 e. The van der Waals surface area contributed by atoms with Crippen molar-refractivity contribution in [2.24, 2.45) is 0 Å². The molecule has 0 aliphatic rings. The molecule has 0 aromatic carbocycles. The Morgan fingerprint density at radius 1 is 1.50 bits per heavy atom. The quantitative estimate of drug-likeness (QED) is 0.530. The number of likely N-dealkylation sites (N-methyl/N-ethyl adjacent to an activating group) is 1. The smallest absolute Gasteiger partial charge is 0.326 e. The Balaban J connectivity index is 4.17.